The molecule has 0 N–H and O–H groups in total. The molecule has 4 rings (SSSR count). The highest BCUT2D eigenvalue weighted by atomic mass is 35.5. The molecule has 2 saturated carbocycles. The predicted octanol–water partition coefficient (Wildman–Crippen LogP) is 5.26. The summed E-state index contributed by atoms with van der Waals surface area (Å²) in [5, 5.41) is 0.650. The molecule has 2 fully saturated rings. The number of Topliss-reactive ketones (excluding diaryl/α,β-unsaturated/α-hetero) is 2. The third-order valence-electron chi connectivity index (χ3n) is 6.82. The summed E-state index contributed by atoms with van der Waals surface area (Å²) in [4.78, 5) is 38.2. The summed E-state index contributed by atoms with van der Waals surface area (Å²) in [5.41, 5.74) is 3.18. The lowest BCUT2D eigenvalue weighted by atomic mass is 9.67. The lowest BCUT2D eigenvalue weighted by molar-refractivity contribution is -0.155. The minimum absolute atomic E-state index is 0.0191. The summed E-state index contributed by atoms with van der Waals surface area (Å²) in [6, 6.07) is 9.26. The van der Waals surface area contributed by atoms with Crippen molar-refractivity contribution < 1.29 is 19.1 Å². The second kappa shape index (κ2) is 8.62. The van der Waals surface area contributed by atoms with Gasteiger partial charge in [-0.25, -0.2) is 0 Å². The zero-order valence-corrected chi connectivity index (χ0v) is 18.9. The number of ketones is 2. The van der Waals surface area contributed by atoms with E-state index in [1.165, 1.54) is 0 Å². The monoisotopic (exact) mass is 441 g/mol. The van der Waals surface area contributed by atoms with Crippen LogP contribution in [0.15, 0.2) is 30.3 Å². The number of esters is 1. The number of carbonyl (C=O) groups is 3. The maximum absolute atomic E-state index is 13.1. The van der Waals surface area contributed by atoms with Crippen molar-refractivity contribution in [2.75, 3.05) is 0 Å². The number of rotatable bonds is 5. The summed E-state index contributed by atoms with van der Waals surface area (Å²) in [6.07, 6.45) is 3.03. The van der Waals surface area contributed by atoms with Crippen LogP contribution in [0.25, 0.3) is 5.69 Å². The standard InChI is InChI=1S/C25H28ClNO4/c1-14-11-22(15(2)27(14)21-9-7-20(26)8-10-21)23(28)16(3)31-25(30)19-12-17-5-4-6-18(13-19)24(17)29/h7-11,16-19H,4-6,12-13H2,1-3H3/t16-,17-,18+,19?/m1/s1. The molecule has 31 heavy (non-hydrogen) atoms. The van der Waals surface area contributed by atoms with Crippen molar-refractivity contribution in [2.24, 2.45) is 17.8 Å². The maximum Gasteiger partial charge on any atom is 0.309 e. The molecular weight excluding hydrogens is 414 g/mol. The number of aryl methyl sites for hydroxylation is 1. The molecule has 0 spiro atoms. The van der Waals surface area contributed by atoms with E-state index >= 15 is 0 Å². The number of nitrogens with zero attached hydrogens (tertiary/aromatic N) is 1. The van der Waals surface area contributed by atoms with Crippen molar-refractivity contribution in [3.05, 3.63) is 52.3 Å². The van der Waals surface area contributed by atoms with E-state index in [4.69, 9.17) is 16.3 Å². The zero-order chi connectivity index (χ0) is 22.3. The highest BCUT2D eigenvalue weighted by Crippen LogP contribution is 2.40. The van der Waals surface area contributed by atoms with E-state index in [2.05, 4.69) is 0 Å². The first-order valence-corrected chi connectivity index (χ1v) is 11.4. The van der Waals surface area contributed by atoms with Gasteiger partial charge in [0.05, 0.1) is 5.92 Å². The van der Waals surface area contributed by atoms with Crippen molar-refractivity contribution in [3.63, 3.8) is 0 Å². The van der Waals surface area contributed by atoms with Gasteiger partial charge in [-0.15, -0.1) is 0 Å². The molecule has 2 aromatic rings. The first kappa shape index (κ1) is 21.8. The molecule has 0 amide bonds. The fourth-order valence-corrected chi connectivity index (χ4v) is 5.34. The molecule has 0 aliphatic heterocycles. The van der Waals surface area contributed by atoms with Gasteiger partial charge in [0.15, 0.2) is 6.10 Å². The molecular formula is C25H28ClNO4. The van der Waals surface area contributed by atoms with Crippen LogP contribution in [0.5, 0.6) is 0 Å². The molecule has 1 aromatic carbocycles. The normalized spacial score (nSPS) is 24.0. The van der Waals surface area contributed by atoms with Crippen LogP contribution < -0.4 is 0 Å². The topological polar surface area (TPSA) is 65.4 Å². The average molecular weight is 442 g/mol. The number of fused-ring (bicyclic) bond motifs is 2. The Labute approximate surface area is 187 Å². The summed E-state index contributed by atoms with van der Waals surface area (Å²) < 4.78 is 7.60. The van der Waals surface area contributed by atoms with Gasteiger partial charge in [-0.2, -0.15) is 0 Å². The molecule has 4 atom stereocenters. The Hall–Kier alpha value is -2.40. The van der Waals surface area contributed by atoms with Crippen LogP contribution in [-0.4, -0.2) is 28.2 Å². The van der Waals surface area contributed by atoms with E-state index < -0.39 is 6.10 Å². The number of aromatic nitrogens is 1. The second-order valence-electron chi connectivity index (χ2n) is 8.94. The van der Waals surface area contributed by atoms with Crippen molar-refractivity contribution in [1.29, 1.82) is 0 Å². The van der Waals surface area contributed by atoms with Gasteiger partial charge in [-0.1, -0.05) is 18.0 Å². The van der Waals surface area contributed by atoms with Gasteiger partial charge < -0.3 is 9.30 Å². The van der Waals surface area contributed by atoms with E-state index in [-0.39, 0.29) is 29.5 Å². The van der Waals surface area contributed by atoms with E-state index in [0.717, 1.165) is 36.3 Å². The molecule has 1 aromatic heterocycles. The van der Waals surface area contributed by atoms with Crippen LogP contribution in [0, 0.1) is 31.6 Å². The smallest absolute Gasteiger partial charge is 0.309 e. The Morgan fingerprint density at radius 2 is 1.71 bits per heavy atom. The quantitative estimate of drug-likeness (QED) is 0.469. The van der Waals surface area contributed by atoms with Crippen LogP contribution in [0.4, 0.5) is 0 Å². The van der Waals surface area contributed by atoms with Crippen LogP contribution >= 0.6 is 11.6 Å². The van der Waals surface area contributed by atoms with E-state index in [1.54, 1.807) is 6.92 Å². The van der Waals surface area contributed by atoms with Crippen molar-refractivity contribution in [1.82, 2.24) is 4.57 Å². The summed E-state index contributed by atoms with van der Waals surface area (Å²) >= 11 is 6.00. The number of hydrogen-bond acceptors (Lipinski definition) is 4. The molecule has 0 radical (unpaired) electrons. The Kier molecular flexibility index (Phi) is 6.07. The van der Waals surface area contributed by atoms with Gasteiger partial charge in [-0.3, -0.25) is 14.4 Å². The van der Waals surface area contributed by atoms with E-state index in [1.807, 2.05) is 48.7 Å². The Bertz CT molecular complexity index is 1010. The van der Waals surface area contributed by atoms with Gasteiger partial charge in [0, 0.05) is 39.5 Å². The molecule has 2 aliphatic rings. The lowest BCUT2D eigenvalue weighted by Gasteiger charge is -2.36. The van der Waals surface area contributed by atoms with Crippen molar-refractivity contribution >= 4 is 29.1 Å². The van der Waals surface area contributed by atoms with Gasteiger partial charge in [0.25, 0.3) is 0 Å². The van der Waals surface area contributed by atoms with Crippen LogP contribution in [0.1, 0.15) is 60.8 Å². The second-order valence-corrected chi connectivity index (χ2v) is 9.37. The number of hydrogen-bond donors (Lipinski definition) is 0. The van der Waals surface area contributed by atoms with Crippen molar-refractivity contribution in [2.45, 2.75) is 59.0 Å². The third-order valence-corrected chi connectivity index (χ3v) is 7.08. The largest absolute Gasteiger partial charge is 0.454 e. The Morgan fingerprint density at radius 1 is 1.10 bits per heavy atom. The van der Waals surface area contributed by atoms with Crippen molar-refractivity contribution in [3.8, 4) is 5.69 Å². The van der Waals surface area contributed by atoms with Crippen LogP contribution in [0.2, 0.25) is 5.02 Å². The molecule has 0 saturated heterocycles. The molecule has 6 heteroatoms. The fraction of sp³-hybridized carbons (Fsp3) is 0.480. The number of halogens is 1. The summed E-state index contributed by atoms with van der Waals surface area (Å²) in [6.45, 7) is 5.45. The molecule has 2 bridgehead atoms. The maximum atomic E-state index is 13.1. The first-order valence-electron chi connectivity index (χ1n) is 11.0. The van der Waals surface area contributed by atoms with Crippen LogP contribution in [-0.2, 0) is 14.3 Å². The highest BCUT2D eigenvalue weighted by molar-refractivity contribution is 6.30. The van der Waals surface area contributed by atoms with E-state index in [9.17, 15) is 14.4 Å². The van der Waals surface area contributed by atoms with Gasteiger partial charge in [0.1, 0.15) is 5.78 Å². The minimum atomic E-state index is -0.871. The predicted molar refractivity (Wildman–Crippen MR) is 119 cm³/mol. The number of ether oxygens (including phenoxy) is 1. The highest BCUT2D eigenvalue weighted by Gasteiger charge is 2.42. The molecule has 1 heterocycles. The summed E-state index contributed by atoms with van der Waals surface area (Å²) in [7, 11) is 0. The average Bonchev–Trinajstić information content (AvgIpc) is 3.02. The Morgan fingerprint density at radius 3 is 2.32 bits per heavy atom. The first-order chi connectivity index (χ1) is 14.8. The zero-order valence-electron chi connectivity index (χ0n) is 18.2. The Balaban J connectivity index is 1.47. The SMILES string of the molecule is Cc1cc(C(=O)[C@@H](C)OC(=O)C2C[C@H]3CCC[C@@H](C2)C3=O)c(C)n1-c1ccc(Cl)cc1. The third kappa shape index (κ3) is 4.20. The number of carbonyl (C=O) groups excluding carboxylic acids is 3. The molecule has 164 valence electrons. The number of benzene rings is 1. The van der Waals surface area contributed by atoms with Gasteiger partial charge >= 0.3 is 5.97 Å². The van der Waals surface area contributed by atoms with Gasteiger partial charge in [-0.05, 0) is 76.8 Å². The van der Waals surface area contributed by atoms with Gasteiger partial charge in [0.2, 0.25) is 5.78 Å². The minimum Gasteiger partial charge on any atom is -0.454 e. The van der Waals surface area contributed by atoms with Crippen LogP contribution in [0.3, 0.4) is 0 Å². The fourth-order valence-electron chi connectivity index (χ4n) is 5.21. The molecule has 5 nitrogen and oxygen atoms in total. The summed E-state index contributed by atoms with van der Waals surface area (Å²) in [5.74, 6) is -0.576. The lowest BCUT2D eigenvalue weighted by Crippen LogP contribution is -2.40. The van der Waals surface area contributed by atoms with E-state index in [0.29, 0.717) is 29.2 Å². The molecule has 1 unspecified atom stereocenters. The molecule has 2 aliphatic carbocycles.